The van der Waals surface area contributed by atoms with Gasteiger partial charge in [0.1, 0.15) is 0 Å². The first-order valence-corrected chi connectivity index (χ1v) is 6.33. The number of carbonyl (C=O) groups excluding carboxylic acids is 2. The van der Waals surface area contributed by atoms with Crippen LogP contribution < -0.4 is 10.6 Å². The van der Waals surface area contributed by atoms with Gasteiger partial charge in [-0.1, -0.05) is 18.2 Å². The Morgan fingerprint density at radius 2 is 2.05 bits per heavy atom. The van der Waals surface area contributed by atoms with Gasteiger partial charge in [-0.2, -0.15) is 0 Å². The van der Waals surface area contributed by atoms with Gasteiger partial charge in [-0.3, -0.25) is 14.6 Å². The van der Waals surface area contributed by atoms with Crippen molar-refractivity contribution in [3.05, 3.63) is 53.9 Å². The number of nitrogens with zero attached hydrogens (tertiary/aromatic N) is 1. The number of fused-ring (bicyclic) bond motifs is 1. The van der Waals surface area contributed by atoms with Crippen LogP contribution in [0.1, 0.15) is 11.1 Å². The monoisotopic (exact) mass is 267 g/mol. The van der Waals surface area contributed by atoms with Gasteiger partial charge in [-0.15, -0.1) is 0 Å². The van der Waals surface area contributed by atoms with Crippen LogP contribution in [0.4, 0.5) is 11.4 Å². The third-order valence-electron chi connectivity index (χ3n) is 3.17. The molecule has 1 aliphatic rings. The van der Waals surface area contributed by atoms with E-state index in [4.69, 9.17) is 0 Å². The molecule has 0 saturated heterocycles. The normalized spacial score (nSPS) is 12.7. The van der Waals surface area contributed by atoms with Crippen molar-refractivity contribution in [2.24, 2.45) is 0 Å². The summed E-state index contributed by atoms with van der Waals surface area (Å²) in [6.07, 6.45) is 3.85. The average Bonchev–Trinajstić information content (AvgIpc) is 2.81. The second kappa shape index (κ2) is 5.13. The highest BCUT2D eigenvalue weighted by molar-refractivity contribution is 6.01. The molecule has 2 aromatic rings. The number of hydrogen-bond donors (Lipinski definition) is 2. The number of anilines is 2. The molecule has 100 valence electrons. The van der Waals surface area contributed by atoms with Crippen molar-refractivity contribution < 1.29 is 9.59 Å². The summed E-state index contributed by atoms with van der Waals surface area (Å²) < 4.78 is 0. The Kier molecular flexibility index (Phi) is 3.16. The van der Waals surface area contributed by atoms with Gasteiger partial charge in [0.2, 0.25) is 11.8 Å². The van der Waals surface area contributed by atoms with Gasteiger partial charge >= 0.3 is 0 Å². The first-order chi connectivity index (χ1) is 9.72. The molecule has 0 aliphatic carbocycles. The van der Waals surface area contributed by atoms with Gasteiger partial charge < -0.3 is 10.6 Å². The van der Waals surface area contributed by atoms with E-state index in [0.29, 0.717) is 12.1 Å². The average molecular weight is 267 g/mol. The van der Waals surface area contributed by atoms with Crippen molar-refractivity contribution >= 4 is 23.2 Å². The Bertz CT molecular complexity index is 668. The van der Waals surface area contributed by atoms with E-state index in [-0.39, 0.29) is 18.2 Å². The Morgan fingerprint density at radius 1 is 1.25 bits per heavy atom. The Hall–Kier alpha value is -2.69. The van der Waals surface area contributed by atoms with Gasteiger partial charge in [-0.05, 0) is 23.3 Å². The highest BCUT2D eigenvalue weighted by atomic mass is 16.2. The maximum atomic E-state index is 12.0. The molecule has 0 bridgehead atoms. The van der Waals surface area contributed by atoms with Crippen LogP contribution >= 0.6 is 0 Å². The van der Waals surface area contributed by atoms with Crippen LogP contribution in [0.5, 0.6) is 0 Å². The van der Waals surface area contributed by atoms with Crippen LogP contribution in [0.3, 0.4) is 0 Å². The van der Waals surface area contributed by atoms with Crippen molar-refractivity contribution in [2.45, 2.75) is 12.8 Å². The predicted molar refractivity (Wildman–Crippen MR) is 75.3 cm³/mol. The molecule has 0 radical (unpaired) electrons. The number of nitrogens with one attached hydrogen (secondary N) is 2. The number of para-hydroxylation sites is 1. The van der Waals surface area contributed by atoms with Gasteiger partial charge in [-0.25, -0.2) is 0 Å². The zero-order valence-corrected chi connectivity index (χ0v) is 10.7. The molecule has 0 fully saturated rings. The van der Waals surface area contributed by atoms with Gasteiger partial charge in [0, 0.05) is 23.8 Å². The first-order valence-electron chi connectivity index (χ1n) is 6.33. The standard InChI is InChI=1S/C15H13N3O2/c19-13(17-12-4-6-16-7-5-12)8-10-2-1-3-11-9-14(20)18-15(10)11/h1-7H,8-9H2,(H,18,20)(H,16,17,19). The third-order valence-corrected chi connectivity index (χ3v) is 3.17. The second-order valence-electron chi connectivity index (χ2n) is 4.64. The Labute approximate surface area is 116 Å². The minimum atomic E-state index is -0.120. The molecule has 0 spiro atoms. The SMILES string of the molecule is O=C(Cc1cccc2c1NC(=O)C2)Nc1ccncc1. The highest BCUT2D eigenvalue weighted by Gasteiger charge is 2.21. The topological polar surface area (TPSA) is 71.1 Å². The van der Waals surface area contributed by atoms with Crippen molar-refractivity contribution in [3.63, 3.8) is 0 Å². The van der Waals surface area contributed by atoms with Crippen molar-refractivity contribution in [1.29, 1.82) is 0 Å². The van der Waals surface area contributed by atoms with Crippen LogP contribution in [0.15, 0.2) is 42.7 Å². The summed E-state index contributed by atoms with van der Waals surface area (Å²) in [7, 11) is 0. The van der Waals surface area contributed by atoms with Crippen LogP contribution in [0.2, 0.25) is 0 Å². The molecule has 0 atom stereocenters. The molecule has 5 nitrogen and oxygen atoms in total. The van der Waals surface area contributed by atoms with Gasteiger partial charge in [0.05, 0.1) is 12.8 Å². The fourth-order valence-corrected chi connectivity index (χ4v) is 2.28. The summed E-state index contributed by atoms with van der Waals surface area (Å²) in [5.74, 6) is -0.146. The van der Waals surface area contributed by atoms with Crippen LogP contribution in [0.25, 0.3) is 0 Å². The molecular formula is C15H13N3O2. The maximum absolute atomic E-state index is 12.0. The summed E-state index contributed by atoms with van der Waals surface area (Å²) in [5, 5.41) is 5.61. The summed E-state index contributed by atoms with van der Waals surface area (Å²) in [6.45, 7) is 0. The molecule has 2 heterocycles. The maximum Gasteiger partial charge on any atom is 0.228 e. The van der Waals surface area contributed by atoms with Crippen molar-refractivity contribution in [3.8, 4) is 0 Å². The number of aromatic nitrogens is 1. The molecule has 0 saturated carbocycles. The van der Waals surface area contributed by atoms with Gasteiger partial charge in [0.25, 0.3) is 0 Å². The quantitative estimate of drug-likeness (QED) is 0.890. The number of benzene rings is 1. The highest BCUT2D eigenvalue weighted by Crippen LogP contribution is 2.27. The van der Waals surface area contributed by atoms with E-state index < -0.39 is 0 Å². The van der Waals surface area contributed by atoms with Crippen molar-refractivity contribution in [1.82, 2.24) is 4.98 Å². The lowest BCUT2D eigenvalue weighted by Gasteiger charge is -2.08. The molecule has 2 amide bonds. The third kappa shape index (κ3) is 2.51. The lowest BCUT2D eigenvalue weighted by atomic mass is 10.0. The summed E-state index contributed by atoms with van der Waals surface area (Å²) >= 11 is 0. The van der Waals surface area contributed by atoms with E-state index in [9.17, 15) is 9.59 Å². The fourth-order valence-electron chi connectivity index (χ4n) is 2.28. The van der Waals surface area contributed by atoms with E-state index in [2.05, 4.69) is 15.6 Å². The minimum Gasteiger partial charge on any atom is -0.326 e. The number of rotatable bonds is 3. The molecular weight excluding hydrogens is 254 g/mol. The number of hydrogen-bond acceptors (Lipinski definition) is 3. The summed E-state index contributed by atoms with van der Waals surface area (Å²) in [5.41, 5.74) is 3.27. The van der Waals surface area contributed by atoms with Crippen LogP contribution in [0, 0.1) is 0 Å². The molecule has 2 N–H and O–H groups in total. The number of amides is 2. The first kappa shape index (κ1) is 12.3. The second-order valence-corrected chi connectivity index (χ2v) is 4.64. The largest absolute Gasteiger partial charge is 0.326 e. The fraction of sp³-hybridized carbons (Fsp3) is 0.133. The van der Waals surface area contributed by atoms with Gasteiger partial charge in [0.15, 0.2) is 0 Å². The number of carbonyl (C=O) groups is 2. The Balaban J connectivity index is 1.74. The van der Waals surface area contributed by atoms with Crippen molar-refractivity contribution in [2.75, 3.05) is 10.6 Å². The lowest BCUT2D eigenvalue weighted by Crippen LogP contribution is -2.15. The van der Waals surface area contributed by atoms with E-state index in [1.54, 1.807) is 24.5 Å². The molecule has 1 aromatic carbocycles. The lowest BCUT2D eigenvalue weighted by molar-refractivity contribution is -0.116. The molecule has 1 aromatic heterocycles. The predicted octanol–water partition coefficient (Wildman–Crippen LogP) is 1.76. The van der Waals surface area contributed by atoms with E-state index in [1.807, 2.05) is 18.2 Å². The smallest absolute Gasteiger partial charge is 0.228 e. The molecule has 5 heteroatoms. The zero-order valence-electron chi connectivity index (χ0n) is 10.7. The Morgan fingerprint density at radius 3 is 2.85 bits per heavy atom. The summed E-state index contributed by atoms with van der Waals surface area (Å²) in [6, 6.07) is 9.09. The molecule has 20 heavy (non-hydrogen) atoms. The van der Waals surface area contributed by atoms with E-state index in [1.165, 1.54) is 0 Å². The zero-order chi connectivity index (χ0) is 13.9. The molecule has 3 rings (SSSR count). The minimum absolute atomic E-state index is 0.0259. The number of pyridine rings is 1. The van der Waals surface area contributed by atoms with Crippen LogP contribution in [-0.2, 0) is 22.4 Å². The molecule has 0 unspecified atom stereocenters. The van der Waals surface area contributed by atoms with E-state index >= 15 is 0 Å². The summed E-state index contributed by atoms with van der Waals surface area (Å²) in [4.78, 5) is 27.3. The van der Waals surface area contributed by atoms with E-state index in [0.717, 1.165) is 16.8 Å². The van der Waals surface area contributed by atoms with Crippen LogP contribution in [-0.4, -0.2) is 16.8 Å². The molecule has 1 aliphatic heterocycles.